The second kappa shape index (κ2) is 21.6. The molecular formula is C44H55N5O9Si. The predicted molar refractivity (Wildman–Crippen MR) is 227 cm³/mol. The number of amides is 3. The lowest BCUT2D eigenvalue weighted by Gasteiger charge is -2.24. The Hall–Kier alpha value is -6.11. The van der Waals surface area contributed by atoms with Gasteiger partial charge >= 0.3 is 24.2 Å². The third-order valence-electron chi connectivity index (χ3n) is 8.43. The number of hydrogen-bond donors (Lipinski definition) is 2. The molecule has 1 atom stereocenters. The number of carbonyl (C=O) groups is 4. The monoisotopic (exact) mass is 825 g/mol. The van der Waals surface area contributed by atoms with Crippen LogP contribution in [0, 0.1) is 11.8 Å². The van der Waals surface area contributed by atoms with Crippen molar-refractivity contribution in [3.63, 3.8) is 0 Å². The van der Waals surface area contributed by atoms with Crippen LogP contribution in [-0.2, 0) is 48.4 Å². The molecule has 0 aliphatic heterocycles. The van der Waals surface area contributed by atoms with E-state index in [1.165, 1.54) is 12.0 Å². The summed E-state index contributed by atoms with van der Waals surface area (Å²) in [5.41, 5.74) is 2.71. The van der Waals surface area contributed by atoms with E-state index in [2.05, 4.69) is 42.1 Å². The van der Waals surface area contributed by atoms with Crippen LogP contribution < -0.4 is 10.6 Å². The third kappa shape index (κ3) is 16.0. The van der Waals surface area contributed by atoms with Crippen molar-refractivity contribution in [2.24, 2.45) is 0 Å². The highest BCUT2D eigenvalue weighted by atomic mass is 28.3. The minimum absolute atomic E-state index is 0.0271. The molecule has 0 saturated carbocycles. The first-order valence-corrected chi connectivity index (χ1v) is 22.9. The normalized spacial score (nSPS) is 11.7. The molecule has 59 heavy (non-hydrogen) atoms. The van der Waals surface area contributed by atoms with Crippen LogP contribution in [0.1, 0.15) is 55.7 Å². The molecule has 4 rings (SSSR count). The van der Waals surface area contributed by atoms with Crippen molar-refractivity contribution < 1.29 is 42.9 Å². The van der Waals surface area contributed by atoms with Crippen molar-refractivity contribution in [1.29, 1.82) is 0 Å². The number of benzene rings is 3. The number of rotatable bonds is 16. The van der Waals surface area contributed by atoms with Crippen LogP contribution in [0.3, 0.4) is 0 Å². The molecule has 314 valence electrons. The maximum atomic E-state index is 13.4. The Morgan fingerprint density at radius 3 is 2.15 bits per heavy atom. The van der Waals surface area contributed by atoms with Gasteiger partial charge in [-0.1, -0.05) is 92.1 Å². The highest BCUT2D eigenvalue weighted by Crippen LogP contribution is 2.29. The summed E-state index contributed by atoms with van der Waals surface area (Å²) in [6, 6.07) is 23.6. The van der Waals surface area contributed by atoms with Gasteiger partial charge in [-0.3, -0.25) is 10.1 Å². The van der Waals surface area contributed by atoms with Crippen LogP contribution in [0.2, 0.25) is 25.7 Å². The Morgan fingerprint density at radius 2 is 1.54 bits per heavy atom. The van der Waals surface area contributed by atoms with Gasteiger partial charge in [0.1, 0.15) is 37.4 Å². The summed E-state index contributed by atoms with van der Waals surface area (Å²) in [5.74, 6) is 5.89. The second-order valence-corrected chi connectivity index (χ2v) is 21.5. The topological polar surface area (TPSA) is 160 Å². The number of nitrogens with one attached hydrogen (secondary N) is 2. The summed E-state index contributed by atoms with van der Waals surface area (Å²) >= 11 is 0. The summed E-state index contributed by atoms with van der Waals surface area (Å²) in [6.45, 7) is 12.8. The number of methoxy groups -OCH3 is 1. The zero-order chi connectivity index (χ0) is 43.0. The fraction of sp³-hybridized carbons (Fsp3) is 0.386. The predicted octanol–water partition coefficient (Wildman–Crippen LogP) is 8.36. The zero-order valence-corrected chi connectivity index (χ0v) is 36.1. The van der Waals surface area contributed by atoms with Crippen molar-refractivity contribution in [2.75, 3.05) is 32.6 Å². The number of aromatic nitrogens is 2. The van der Waals surface area contributed by atoms with Gasteiger partial charge in [0.2, 0.25) is 0 Å². The molecule has 0 radical (unpaired) electrons. The number of hydrogen-bond acceptors (Lipinski definition) is 10. The molecule has 0 fully saturated rings. The van der Waals surface area contributed by atoms with Gasteiger partial charge in [-0.25, -0.2) is 19.4 Å². The zero-order valence-electron chi connectivity index (χ0n) is 35.1. The molecular weight excluding hydrogens is 771 g/mol. The summed E-state index contributed by atoms with van der Waals surface area (Å²) in [7, 11) is 1.41. The quantitative estimate of drug-likeness (QED) is 0.0370. The average molecular weight is 826 g/mol. The van der Waals surface area contributed by atoms with Crippen LogP contribution in [0.15, 0.2) is 85.1 Å². The molecule has 0 aliphatic rings. The third-order valence-corrected chi connectivity index (χ3v) is 10.1. The maximum absolute atomic E-state index is 13.4. The average Bonchev–Trinajstić information content (AvgIpc) is 3.61. The SMILES string of the molecule is COC(=O)Nc1ccc(-c2cn(COCC[Si](C)(C)C)c([C@H](CC(=O)OCc3ccccc3)NC(=O)OC(C)(C)C)n2)c(C#CCN(C)C(=O)OCc2ccccc2)c1. The van der Waals surface area contributed by atoms with E-state index in [1.54, 1.807) is 56.8 Å². The van der Waals surface area contributed by atoms with E-state index >= 15 is 0 Å². The van der Waals surface area contributed by atoms with Crippen molar-refractivity contribution in [2.45, 2.75) is 84.5 Å². The number of imidazole rings is 1. The van der Waals surface area contributed by atoms with Gasteiger partial charge in [-0.2, -0.15) is 0 Å². The van der Waals surface area contributed by atoms with Crippen molar-refractivity contribution in [1.82, 2.24) is 19.8 Å². The number of nitrogens with zero attached hydrogens (tertiary/aromatic N) is 3. The lowest BCUT2D eigenvalue weighted by atomic mass is 10.0. The fourth-order valence-electron chi connectivity index (χ4n) is 5.37. The summed E-state index contributed by atoms with van der Waals surface area (Å²) in [6.07, 6.45) is -0.476. The Kier molecular flexibility index (Phi) is 16.7. The smallest absolute Gasteiger partial charge is 0.411 e. The largest absolute Gasteiger partial charge is 0.461 e. The van der Waals surface area contributed by atoms with E-state index in [-0.39, 0.29) is 32.9 Å². The first-order valence-electron chi connectivity index (χ1n) is 19.2. The Balaban J connectivity index is 1.71. The number of anilines is 1. The van der Waals surface area contributed by atoms with Gasteiger partial charge in [-0.15, -0.1) is 0 Å². The van der Waals surface area contributed by atoms with Crippen LogP contribution >= 0.6 is 0 Å². The highest BCUT2D eigenvalue weighted by Gasteiger charge is 2.28. The molecule has 0 spiro atoms. The van der Waals surface area contributed by atoms with Gasteiger partial charge in [0.05, 0.1) is 25.8 Å². The van der Waals surface area contributed by atoms with Crippen LogP contribution in [0.25, 0.3) is 11.3 Å². The van der Waals surface area contributed by atoms with Crippen LogP contribution in [0.4, 0.5) is 20.1 Å². The van der Waals surface area contributed by atoms with E-state index < -0.39 is 44.0 Å². The summed E-state index contributed by atoms with van der Waals surface area (Å²) in [4.78, 5) is 57.9. The summed E-state index contributed by atoms with van der Waals surface area (Å²) in [5, 5.41) is 5.49. The molecule has 1 aromatic heterocycles. The fourth-order valence-corrected chi connectivity index (χ4v) is 6.12. The molecule has 3 amide bonds. The Morgan fingerprint density at radius 1 is 0.898 bits per heavy atom. The molecule has 0 bridgehead atoms. The molecule has 0 saturated heterocycles. The number of ether oxygens (including phenoxy) is 5. The molecule has 1 heterocycles. The molecule has 2 N–H and O–H groups in total. The van der Waals surface area contributed by atoms with E-state index in [4.69, 9.17) is 28.7 Å². The van der Waals surface area contributed by atoms with Gasteiger partial charge < -0.3 is 38.5 Å². The van der Waals surface area contributed by atoms with Crippen LogP contribution in [-0.4, -0.2) is 79.7 Å². The first-order chi connectivity index (χ1) is 28.0. The summed E-state index contributed by atoms with van der Waals surface area (Å²) < 4.78 is 29.4. The molecule has 4 aromatic rings. The van der Waals surface area contributed by atoms with Gasteiger partial charge in [0, 0.05) is 44.7 Å². The number of carbonyl (C=O) groups excluding carboxylic acids is 4. The molecule has 14 nitrogen and oxygen atoms in total. The number of esters is 1. The Bertz CT molecular complexity index is 2080. The lowest BCUT2D eigenvalue weighted by molar-refractivity contribution is -0.145. The van der Waals surface area contributed by atoms with E-state index in [0.29, 0.717) is 34.9 Å². The van der Waals surface area contributed by atoms with Gasteiger partial charge in [-0.05, 0) is 56.1 Å². The van der Waals surface area contributed by atoms with E-state index in [9.17, 15) is 19.2 Å². The maximum Gasteiger partial charge on any atom is 0.411 e. The number of alkyl carbamates (subject to hydrolysis) is 1. The second-order valence-electron chi connectivity index (χ2n) is 15.9. The molecule has 3 aromatic carbocycles. The minimum Gasteiger partial charge on any atom is -0.461 e. The highest BCUT2D eigenvalue weighted by molar-refractivity contribution is 6.76. The van der Waals surface area contributed by atoms with Crippen molar-refractivity contribution in [3.8, 4) is 23.1 Å². The van der Waals surface area contributed by atoms with Gasteiger partial charge in [0.15, 0.2) is 0 Å². The molecule has 0 aliphatic carbocycles. The standard InChI is InChI=1S/C44H55N5O9Si/c1-44(2,3)58-42(52)47-37(27-39(50)56-29-32-16-11-9-12-17-32)40-46-38(28-49(40)31-55-24-25-59(6,7)8)36-22-21-35(45-41(51)54-5)26-34(36)20-15-23-48(4)43(53)57-30-33-18-13-10-14-19-33/h9-14,16-19,21-22,26,28,37H,23-25,27,29-31H2,1-8H3,(H,45,51)(H,47,52)/t37-/m0/s1. The Labute approximate surface area is 347 Å². The molecule has 0 unspecified atom stereocenters. The molecule has 15 heteroatoms. The first kappa shape index (κ1) is 45.6. The van der Waals surface area contributed by atoms with Crippen LogP contribution in [0.5, 0.6) is 0 Å². The van der Waals surface area contributed by atoms with E-state index in [0.717, 1.165) is 17.2 Å². The van der Waals surface area contributed by atoms with Crippen molar-refractivity contribution >= 4 is 38.0 Å². The van der Waals surface area contributed by atoms with Crippen molar-refractivity contribution in [3.05, 3.63) is 108 Å². The van der Waals surface area contributed by atoms with E-state index in [1.807, 2.05) is 60.7 Å². The minimum atomic E-state index is -1.43. The lowest BCUT2D eigenvalue weighted by Crippen LogP contribution is -2.37. The van der Waals surface area contributed by atoms with Gasteiger partial charge in [0.25, 0.3) is 0 Å².